The molecule has 1 aliphatic rings. The van der Waals surface area contributed by atoms with Crippen LogP contribution in [0.1, 0.15) is 31.8 Å². The van der Waals surface area contributed by atoms with Crippen LogP contribution in [0, 0.1) is 0 Å². The highest BCUT2D eigenvalue weighted by Gasteiger charge is 2.33. The predicted molar refractivity (Wildman–Crippen MR) is 67.5 cm³/mol. The molecule has 2 aromatic carbocycles. The number of aromatic hydroxyl groups is 2. The number of carbonyl (C=O) groups excluding carboxylic acids is 2. The van der Waals surface area contributed by atoms with Crippen molar-refractivity contribution in [2.75, 3.05) is 5.73 Å². The summed E-state index contributed by atoms with van der Waals surface area (Å²) in [4.78, 5) is 24.5. The van der Waals surface area contributed by atoms with Gasteiger partial charge in [-0.2, -0.15) is 0 Å². The van der Waals surface area contributed by atoms with E-state index in [0.29, 0.717) is 0 Å². The molecule has 4 N–H and O–H groups in total. The van der Waals surface area contributed by atoms with Crippen LogP contribution in [0.4, 0.5) is 5.69 Å². The molecule has 1 aliphatic carbocycles. The highest BCUT2D eigenvalue weighted by molar-refractivity contribution is 6.30. The molecule has 3 rings (SSSR count). The molecule has 0 radical (unpaired) electrons. The number of phenols is 2. The molecule has 0 fully saturated rings. The second-order valence-electron chi connectivity index (χ2n) is 4.28. The molecule has 0 heterocycles. The second kappa shape index (κ2) is 3.58. The molecular formula is C14H9NO4. The van der Waals surface area contributed by atoms with Gasteiger partial charge in [0.25, 0.3) is 0 Å². The maximum Gasteiger partial charge on any atom is 0.198 e. The first-order chi connectivity index (χ1) is 9.02. The minimum atomic E-state index is -0.553. The molecule has 5 nitrogen and oxygen atoms in total. The number of rotatable bonds is 0. The van der Waals surface area contributed by atoms with E-state index in [1.165, 1.54) is 12.1 Å². The summed E-state index contributed by atoms with van der Waals surface area (Å²) in [6.07, 6.45) is 0. The largest absolute Gasteiger partial charge is 0.506 e. The van der Waals surface area contributed by atoms with E-state index in [4.69, 9.17) is 5.73 Å². The number of benzene rings is 2. The predicted octanol–water partition coefficient (Wildman–Crippen LogP) is 1.46. The number of phenolic OH excluding ortho intramolecular Hbond substituents is 2. The van der Waals surface area contributed by atoms with Gasteiger partial charge in [-0.15, -0.1) is 0 Å². The number of carbonyl (C=O) groups is 2. The molecular weight excluding hydrogens is 246 g/mol. The number of nitrogen functional groups attached to an aromatic ring is 1. The fraction of sp³-hybridized carbons (Fsp3) is 0. The Balaban J connectivity index is 2.40. The van der Waals surface area contributed by atoms with Gasteiger partial charge in [0, 0.05) is 16.7 Å². The van der Waals surface area contributed by atoms with E-state index in [1.807, 2.05) is 0 Å². The van der Waals surface area contributed by atoms with Crippen molar-refractivity contribution >= 4 is 17.3 Å². The van der Waals surface area contributed by atoms with Gasteiger partial charge in [-0.1, -0.05) is 24.3 Å². The first kappa shape index (κ1) is 11.3. The fourth-order valence-electron chi connectivity index (χ4n) is 2.24. The Labute approximate surface area is 107 Å². The van der Waals surface area contributed by atoms with Crippen LogP contribution in [0.5, 0.6) is 11.5 Å². The van der Waals surface area contributed by atoms with E-state index >= 15 is 0 Å². The Morgan fingerprint density at radius 1 is 0.895 bits per heavy atom. The first-order valence-electron chi connectivity index (χ1n) is 5.55. The summed E-state index contributed by atoms with van der Waals surface area (Å²) in [5.74, 6) is -1.87. The summed E-state index contributed by atoms with van der Waals surface area (Å²) in [5, 5.41) is 19.4. The topological polar surface area (TPSA) is 101 Å². The highest BCUT2D eigenvalue weighted by Crippen LogP contribution is 2.40. The molecule has 0 atom stereocenters. The van der Waals surface area contributed by atoms with Crippen LogP contribution >= 0.6 is 0 Å². The van der Waals surface area contributed by atoms with E-state index in [0.717, 1.165) is 6.07 Å². The first-order valence-corrected chi connectivity index (χ1v) is 5.55. The van der Waals surface area contributed by atoms with Crippen molar-refractivity contribution in [1.82, 2.24) is 0 Å². The third-order valence-corrected chi connectivity index (χ3v) is 3.21. The average Bonchev–Trinajstić information content (AvgIpc) is 2.42. The number of nitrogens with two attached hydrogens (primary N) is 1. The van der Waals surface area contributed by atoms with E-state index in [9.17, 15) is 19.8 Å². The van der Waals surface area contributed by atoms with Gasteiger partial charge in [-0.25, -0.2) is 0 Å². The Hall–Kier alpha value is -2.82. The monoisotopic (exact) mass is 255 g/mol. The van der Waals surface area contributed by atoms with Gasteiger partial charge < -0.3 is 15.9 Å². The van der Waals surface area contributed by atoms with Gasteiger partial charge in [0.2, 0.25) is 0 Å². The summed E-state index contributed by atoms with van der Waals surface area (Å²) >= 11 is 0. The van der Waals surface area contributed by atoms with Crippen molar-refractivity contribution in [3.8, 4) is 11.5 Å². The third-order valence-electron chi connectivity index (χ3n) is 3.21. The van der Waals surface area contributed by atoms with Gasteiger partial charge in [0.15, 0.2) is 17.3 Å². The van der Waals surface area contributed by atoms with Crippen LogP contribution in [0.3, 0.4) is 0 Å². The Morgan fingerprint density at radius 2 is 1.47 bits per heavy atom. The van der Waals surface area contributed by atoms with Crippen LogP contribution in [0.15, 0.2) is 30.3 Å². The molecule has 0 spiro atoms. The molecule has 0 saturated carbocycles. The van der Waals surface area contributed by atoms with Gasteiger partial charge in [0.05, 0.1) is 5.56 Å². The Bertz CT molecular complexity index is 749. The minimum Gasteiger partial charge on any atom is -0.506 e. The molecule has 5 heteroatoms. The molecule has 19 heavy (non-hydrogen) atoms. The van der Waals surface area contributed by atoms with E-state index in [2.05, 4.69) is 0 Å². The zero-order valence-corrected chi connectivity index (χ0v) is 9.68. The van der Waals surface area contributed by atoms with E-state index < -0.39 is 23.1 Å². The van der Waals surface area contributed by atoms with Crippen molar-refractivity contribution in [1.29, 1.82) is 0 Å². The quantitative estimate of drug-likeness (QED) is 0.417. The van der Waals surface area contributed by atoms with Crippen molar-refractivity contribution in [3.05, 3.63) is 52.6 Å². The molecule has 0 saturated heterocycles. The van der Waals surface area contributed by atoms with Gasteiger partial charge in [-0.05, 0) is 6.07 Å². The van der Waals surface area contributed by atoms with Crippen molar-refractivity contribution < 1.29 is 19.8 Å². The van der Waals surface area contributed by atoms with Crippen LogP contribution in [-0.2, 0) is 0 Å². The van der Waals surface area contributed by atoms with Crippen LogP contribution in [-0.4, -0.2) is 21.8 Å². The lowest BCUT2D eigenvalue weighted by Gasteiger charge is -2.19. The van der Waals surface area contributed by atoms with E-state index in [1.54, 1.807) is 12.1 Å². The van der Waals surface area contributed by atoms with Crippen molar-refractivity contribution in [3.63, 3.8) is 0 Å². The van der Waals surface area contributed by atoms with Crippen molar-refractivity contribution in [2.24, 2.45) is 0 Å². The standard InChI is InChI=1S/C14H9NO4/c15-11-9(16)5-8-10(14(11)19)13(18)7-4-2-1-3-6(7)12(8)17/h1-5,16,19H,15H2. The summed E-state index contributed by atoms with van der Waals surface area (Å²) in [6, 6.07) is 7.44. The summed E-state index contributed by atoms with van der Waals surface area (Å²) in [5.41, 5.74) is 5.45. The third kappa shape index (κ3) is 1.35. The average molecular weight is 255 g/mol. The Morgan fingerprint density at radius 3 is 2.11 bits per heavy atom. The smallest absolute Gasteiger partial charge is 0.198 e. The minimum absolute atomic E-state index is 0.0344. The van der Waals surface area contributed by atoms with Gasteiger partial charge >= 0.3 is 0 Å². The SMILES string of the molecule is Nc1c(O)cc2c(c1O)C(=O)c1ccccc1C2=O. The zero-order chi connectivity index (χ0) is 13.7. The number of hydrogen-bond donors (Lipinski definition) is 3. The molecule has 94 valence electrons. The highest BCUT2D eigenvalue weighted by atomic mass is 16.3. The van der Waals surface area contributed by atoms with Gasteiger partial charge in [-0.3, -0.25) is 9.59 Å². The van der Waals surface area contributed by atoms with Crippen molar-refractivity contribution in [2.45, 2.75) is 0 Å². The number of anilines is 1. The van der Waals surface area contributed by atoms with E-state index in [-0.39, 0.29) is 27.9 Å². The lowest BCUT2D eigenvalue weighted by molar-refractivity contribution is 0.0976. The lowest BCUT2D eigenvalue weighted by atomic mass is 9.83. The molecule has 2 aromatic rings. The van der Waals surface area contributed by atoms with Crippen LogP contribution in [0.2, 0.25) is 0 Å². The molecule has 0 amide bonds. The maximum atomic E-state index is 12.3. The summed E-state index contributed by atoms with van der Waals surface area (Å²) in [7, 11) is 0. The molecule has 0 aliphatic heterocycles. The maximum absolute atomic E-state index is 12.3. The van der Waals surface area contributed by atoms with Crippen LogP contribution in [0.25, 0.3) is 0 Å². The number of ketones is 2. The Kier molecular flexibility index (Phi) is 2.13. The molecule has 0 unspecified atom stereocenters. The van der Waals surface area contributed by atoms with Gasteiger partial charge in [0.1, 0.15) is 11.4 Å². The summed E-state index contributed by atoms with van der Waals surface area (Å²) in [6.45, 7) is 0. The normalized spacial score (nSPS) is 13.1. The lowest BCUT2D eigenvalue weighted by Crippen LogP contribution is -2.21. The zero-order valence-electron chi connectivity index (χ0n) is 9.68. The fourth-order valence-corrected chi connectivity index (χ4v) is 2.24. The number of hydrogen-bond acceptors (Lipinski definition) is 5. The molecule has 0 aromatic heterocycles. The summed E-state index contributed by atoms with van der Waals surface area (Å²) < 4.78 is 0. The van der Waals surface area contributed by atoms with Crippen LogP contribution < -0.4 is 5.73 Å². The molecule has 0 bridgehead atoms. The second-order valence-corrected chi connectivity index (χ2v) is 4.28. The number of fused-ring (bicyclic) bond motifs is 2.